The van der Waals surface area contributed by atoms with Gasteiger partial charge >= 0.3 is 5.97 Å². The van der Waals surface area contributed by atoms with Crippen LogP contribution in [0.2, 0.25) is 0 Å². The van der Waals surface area contributed by atoms with Crippen LogP contribution in [0.15, 0.2) is 89.5 Å². The zero-order valence-electron chi connectivity index (χ0n) is 21.3. The minimum absolute atomic E-state index is 0.0527. The number of aliphatic hydroxyl groups is 2. The Labute approximate surface area is 221 Å². The number of fused-ring (bicyclic) bond motifs is 1. The lowest BCUT2D eigenvalue weighted by Crippen LogP contribution is -2.44. The number of carboxylic acids is 1. The number of nitrogens with zero attached hydrogens (tertiary/aromatic N) is 1. The molecule has 0 aliphatic carbocycles. The Morgan fingerprint density at radius 1 is 0.895 bits per heavy atom. The van der Waals surface area contributed by atoms with Crippen LogP contribution in [-0.4, -0.2) is 64.6 Å². The first kappa shape index (κ1) is 27.2. The van der Waals surface area contributed by atoms with Crippen LogP contribution in [0.1, 0.15) is 24.4 Å². The molecule has 0 amide bonds. The predicted molar refractivity (Wildman–Crippen MR) is 143 cm³/mol. The van der Waals surface area contributed by atoms with Crippen molar-refractivity contribution in [2.45, 2.75) is 31.6 Å². The number of carbonyl (C=O) groups is 1. The average molecular weight is 520 g/mol. The van der Waals surface area contributed by atoms with E-state index in [1.54, 1.807) is 18.4 Å². The zero-order valence-corrected chi connectivity index (χ0v) is 21.3. The summed E-state index contributed by atoms with van der Waals surface area (Å²) in [6.07, 6.45) is 0.589. The normalized spacial score (nSPS) is 13.8. The van der Waals surface area contributed by atoms with Gasteiger partial charge in [-0.15, -0.1) is 0 Å². The molecule has 3 aromatic carbocycles. The van der Waals surface area contributed by atoms with Gasteiger partial charge in [-0.05, 0) is 43.2 Å². The number of benzene rings is 3. The van der Waals surface area contributed by atoms with E-state index >= 15 is 0 Å². The number of aliphatic carboxylic acids is 1. The van der Waals surface area contributed by atoms with Crippen LogP contribution in [0.3, 0.4) is 0 Å². The highest BCUT2D eigenvalue weighted by Crippen LogP contribution is 2.28. The second-order valence-electron chi connectivity index (χ2n) is 9.31. The van der Waals surface area contributed by atoms with Gasteiger partial charge in [0.05, 0.1) is 6.26 Å². The Morgan fingerprint density at radius 3 is 2.32 bits per heavy atom. The first-order valence-electron chi connectivity index (χ1n) is 12.6. The van der Waals surface area contributed by atoms with E-state index in [-0.39, 0.29) is 25.7 Å². The van der Waals surface area contributed by atoms with Gasteiger partial charge in [0.2, 0.25) is 0 Å². The third-order valence-electron chi connectivity index (χ3n) is 6.32. The van der Waals surface area contributed by atoms with E-state index in [4.69, 9.17) is 19.0 Å². The van der Waals surface area contributed by atoms with Crippen LogP contribution in [0.5, 0.6) is 11.5 Å². The molecule has 0 aliphatic heterocycles. The smallest absolute Gasteiger partial charge is 0.341 e. The predicted octanol–water partition coefficient (Wildman–Crippen LogP) is 4.30. The molecule has 8 nitrogen and oxygen atoms in total. The lowest BCUT2D eigenvalue weighted by Gasteiger charge is -2.32. The van der Waals surface area contributed by atoms with E-state index in [0.29, 0.717) is 23.7 Å². The monoisotopic (exact) mass is 519 g/mol. The molecule has 0 saturated heterocycles. The summed E-state index contributed by atoms with van der Waals surface area (Å²) < 4.78 is 16.7. The number of hydrogen-bond acceptors (Lipinski definition) is 7. The molecule has 0 radical (unpaired) electrons. The Morgan fingerprint density at radius 2 is 1.58 bits per heavy atom. The Hall–Kier alpha value is -3.85. The first-order valence-corrected chi connectivity index (χ1v) is 12.6. The molecular weight excluding hydrogens is 486 g/mol. The van der Waals surface area contributed by atoms with Gasteiger partial charge in [-0.25, -0.2) is 4.79 Å². The van der Waals surface area contributed by atoms with Crippen molar-refractivity contribution in [1.82, 2.24) is 4.90 Å². The van der Waals surface area contributed by atoms with Gasteiger partial charge in [0.15, 0.2) is 6.61 Å². The summed E-state index contributed by atoms with van der Waals surface area (Å²) >= 11 is 0. The highest BCUT2D eigenvalue weighted by Gasteiger charge is 2.25. The minimum atomic E-state index is -1.03. The number of ether oxygens (including phenoxy) is 2. The molecule has 4 rings (SSSR count). The summed E-state index contributed by atoms with van der Waals surface area (Å²) in [5.74, 6) is 0.622. The Kier molecular flexibility index (Phi) is 9.37. The number of hydrogen-bond donors (Lipinski definition) is 3. The fourth-order valence-corrected chi connectivity index (χ4v) is 4.38. The summed E-state index contributed by atoms with van der Waals surface area (Å²) in [5.41, 5.74) is 1.01. The van der Waals surface area contributed by atoms with Gasteiger partial charge in [0.1, 0.15) is 36.1 Å². The number of furan rings is 1. The highest BCUT2D eigenvalue weighted by atomic mass is 16.5. The average Bonchev–Trinajstić information content (AvgIpc) is 3.36. The Bertz CT molecular complexity index is 1290. The second-order valence-corrected chi connectivity index (χ2v) is 9.31. The van der Waals surface area contributed by atoms with Crippen molar-refractivity contribution < 1.29 is 34.0 Å². The third kappa shape index (κ3) is 7.58. The van der Waals surface area contributed by atoms with Gasteiger partial charge < -0.3 is 29.2 Å². The van der Waals surface area contributed by atoms with Crippen molar-refractivity contribution in [3.05, 3.63) is 96.4 Å². The molecule has 1 aromatic heterocycles. The summed E-state index contributed by atoms with van der Waals surface area (Å²) in [4.78, 5) is 12.8. The van der Waals surface area contributed by atoms with Crippen molar-refractivity contribution in [3.63, 3.8) is 0 Å². The summed E-state index contributed by atoms with van der Waals surface area (Å²) in [7, 11) is 0. The van der Waals surface area contributed by atoms with Gasteiger partial charge in [0.25, 0.3) is 0 Å². The lowest BCUT2D eigenvalue weighted by atomic mass is 10.0. The molecule has 0 aliphatic rings. The van der Waals surface area contributed by atoms with Crippen LogP contribution >= 0.6 is 0 Å². The fourth-order valence-electron chi connectivity index (χ4n) is 4.38. The second kappa shape index (κ2) is 13.1. The molecule has 200 valence electrons. The van der Waals surface area contributed by atoms with Crippen LogP contribution in [-0.2, 0) is 11.2 Å². The van der Waals surface area contributed by atoms with E-state index in [1.807, 2.05) is 78.6 Å². The largest absolute Gasteiger partial charge is 0.491 e. The number of para-hydroxylation sites is 1. The zero-order chi connectivity index (χ0) is 26.9. The maximum absolute atomic E-state index is 11.1. The van der Waals surface area contributed by atoms with Crippen molar-refractivity contribution in [1.29, 1.82) is 0 Å². The van der Waals surface area contributed by atoms with Crippen molar-refractivity contribution in [3.8, 4) is 11.5 Å². The number of carboxylic acid groups (broad SMARTS) is 1. The Balaban J connectivity index is 1.44. The molecule has 0 fully saturated rings. The molecule has 1 heterocycles. The number of aliphatic hydroxyl groups excluding tert-OH is 2. The van der Waals surface area contributed by atoms with Gasteiger partial charge in [-0.2, -0.15) is 0 Å². The molecule has 3 unspecified atom stereocenters. The minimum Gasteiger partial charge on any atom is -0.491 e. The van der Waals surface area contributed by atoms with E-state index in [9.17, 15) is 15.0 Å². The summed E-state index contributed by atoms with van der Waals surface area (Å²) in [6, 6.07) is 24.2. The first-order chi connectivity index (χ1) is 18.4. The van der Waals surface area contributed by atoms with Crippen LogP contribution < -0.4 is 9.47 Å². The van der Waals surface area contributed by atoms with Crippen LogP contribution in [0.4, 0.5) is 0 Å². The molecule has 3 N–H and O–H groups in total. The molecular formula is C30H33NO7. The molecule has 3 atom stereocenters. The van der Waals surface area contributed by atoms with E-state index in [1.165, 1.54) is 0 Å². The maximum Gasteiger partial charge on any atom is 0.341 e. The van der Waals surface area contributed by atoms with E-state index in [0.717, 1.165) is 16.3 Å². The summed E-state index contributed by atoms with van der Waals surface area (Å²) in [5, 5.41) is 32.5. The molecule has 0 spiro atoms. The molecule has 0 saturated carbocycles. The lowest BCUT2D eigenvalue weighted by molar-refractivity contribution is -0.139. The van der Waals surface area contributed by atoms with Gasteiger partial charge in [-0.1, -0.05) is 54.6 Å². The number of rotatable bonds is 14. The van der Waals surface area contributed by atoms with Gasteiger partial charge in [0, 0.05) is 29.9 Å². The molecule has 38 heavy (non-hydrogen) atoms. The van der Waals surface area contributed by atoms with E-state index in [2.05, 4.69) is 0 Å². The van der Waals surface area contributed by atoms with Crippen LogP contribution in [0, 0.1) is 0 Å². The van der Waals surface area contributed by atoms with Crippen LogP contribution in [0.25, 0.3) is 10.8 Å². The van der Waals surface area contributed by atoms with Crippen molar-refractivity contribution in [2.75, 3.05) is 26.3 Å². The molecule has 0 bridgehead atoms. The quantitative estimate of drug-likeness (QED) is 0.226. The van der Waals surface area contributed by atoms with E-state index < -0.39 is 24.8 Å². The molecule has 8 heteroatoms. The topological polar surface area (TPSA) is 113 Å². The van der Waals surface area contributed by atoms with Gasteiger partial charge in [-0.3, -0.25) is 4.90 Å². The van der Waals surface area contributed by atoms with Crippen molar-refractivity contribution >= 4 is 16.7 Å². The standard InChI is InChI=1S/C30H33NO7/c1-21(15-22-11-13-26(14-12-22)37-20-29(34)35)31(16-24(32)19-36-25-8-3-2-4-9-25)17-28(33)30-27-10-6-5-7-23(27)18-38-30/h2-14,18,21,24,28,32-33H,15-17,19-20H2,1H3,(H,34,35). The SMILES string of the molecule is CC(Cc1ccc(OCC(=O)O)cc1)N(CC(O)COc1ccccc1)CC(O)c1occ2ccccc12. The summed E-state index contributed by atoms with van der Waals surface area (Å²) in [6.45, 7) is 2.28. The molecule has 4 aromatic rings. The third-order valence-corrected chi connectivity index (χ3v) is 6.32. The van der Waals surface area contributed by atoms with Crippen molar-refractivity contribution in [2.24, 2.45) is 0 Å². The highest BCUT2D eigenvalue weighted by molar-refractivity contribution is 5.84. The maximum atomic E-state index is 11.1. The fraction of sp³-hybridized carbons (Fsp3) is 0.300.